The molecular formula is C7H14O4. The monoisotopic (exact) mass is 162 g/mol. The lowest BCUT2D eigenvalue weighted by Gasteiger charge is -2.19. The van der Waals surface area contributed by atoms with E-state index >= 15 is 0 Å². The van der Waals surface area contributed by atoms with Gasteiger partial charge in [-0.1, -0.05) is 0 Å². The zero-order chi connectivity index (χ0) is 8.91. The van der Waals surface area contributed by atoms with E-state index in [1.807, 2.05) is 0 Å². The van der Waals surface area contributed by atoms with Crippen molar-refractivity contribution in [2.24, 2.45) is 5.41 Å². The molecule has 0 spiro atoms. The van der Waals surface area contributed by atoms with Crippen molar-refractivity contribution in [3.63, 3.8) is 0 Å². The lowest BCUT2D eigenvalue weighted by atomic mass is 9.95. The molecule has 0 aliphatic rings. The van der Waals surface area contributed by atoms with Crippen molar-refractivity contribution in [2.45, 2.75) is 13.8 Å². The highest BCUT2D eigenvalue weighted by Crippen LogP contribution is 2.16. The van der Waals surface area contributed by atoms with E-state index in [0.717, 1.165) is 0 Å². The van der Waals surface area contributed by atoms with E-state index < -0.39 is 5.41 Å². The van der Waals surface area contributed by atoms with E-state index in [1.54, 1.807) is 13.8 Å². The number of rotatable bonds is 4. The molecule has 0 bridgehead atoms. The van der Waals surface area contributed by atoms with E-state index in [1.165, 1.54) is 14.2 Å². The molecule has 0 saturated carbocycles. The fourth-order valence-electron chi connectivity index (χ4n) is 0.541. The molecule has 0 aromatic rings. The molecule has 0 heterocycles. The van der Waals surface area contributed by atoms with Crippen LogP contribution in [0.2, 0.25) is 0 Å². The van der Waals surface area contributed by atoms with Gasteiger partial charge in [0.15, 0.2) is 0 Å². The van der Waals surface area contributed by atoms with Crippen LogP contribution in [0, 0.1) is 5.41 Å². The third-order valence-electron chi connectivity index (χ3n) is 1.28. The summed E-state index contributed by atoms with van der Waals surface area (Å²) in [5, 5.41) is 0. The third kappa shape index (κ3) is 3.34. The van der Waals surface area contributed by atoms with Gasteiger partial charge in [-0.05, 0) is 13.8 Å². The molecule has 0 amide bonds. The minimum Gasteiger partial charge on any atom is -0.469 e. The second-order valence-corrected chi connectivity index (χ2v) is 2.80. The van der Waals surface area contributed by atoms with E-state index in [9.17, 15) is 4.79 Å². The van der Waals surface area contributed by atoms with Gasteiger partial charge in [0.2, 0.25) is 0 Å². The highest BCUT2D eigenvalue weighted by atomic mass is 17.2. The summed E-state index contributed by atoms with van der Waals surface area (Å²) in [6.07, 6.45) is 0. The maximum atomic E-state index is 11.0. The number of carbonyl (C=O) groups excluding carboxylic acids is 1. The molecule has 0 unspecified atom stereocenters. The van der Waals surface area contributed by atoms with E-state index in [4.69, 9.17) is 0 Å². The Morgan fingerprint density at radius 1 is 1.36 bits per heavy atom. The summed E-state index contributed by atoms with van der Waals surface area (Å²) in [7, 11) is 2.74. The normalized spacial score (nSPS) is 11.3. The molecule has 4 heteroatoms. The second-order valence-electron chi connectivity index (χ2n) is 2.80. The van der Waals surface area contributed by atoms with E-state index in [-0.39, 0.29) is 12.6 Å². The van der Waals surface area contributed by atoms with Gasteiger partial charge in [-0.3, -0.25) is 4.79 Å². The first-order valence-corrected chi connectivity index (χ1v) is 3.28. The maximum absolute atomic E-state index is 11.0. The molecule has 0 aromatic heterocycles. The van der Waals surface area contributed by atoms with Crippen LogP contribution < -0.4 is 0 Å². The topological polar surface area (TPSA) is 44.8 Å². The van der Waals surface area contributed by atoms with Crippen molar-refractivity contribution in [3.05, 3.63) is 0 Å². The van der Waals surface area contributed by atoms with Gasteiger partial charge in [0, 0.05) is 0 Å². The van der Waals surface area contributed by atoms with Gasteiger partial charge < -0.3 is 4.74 Å². The van der Waals surface area contributed by atoms with Gasteiger partial charge in [-0.15, -0.1) is 0 Å². The highest BCUT2D eigenvalue weighted by molar-refractivity contribution is 5.75. The minimum atomic E-state index is -0.648. The van der Waals surface area contributed by atoms with Crippen LogP contribution in [0.4, 0.5) is 0 Å². The van der Waals surface area contributed by atoms with Gasteiger partial charge in [0.1, 0.15) is 0 Å². The molecular weight excluding hydrogens is 148 g/mol. The van der Waals surface area contributed by atoms with Crippen LogP contribution in [0.25, 0.3) is 0 Å². The first-order chi connectivity index (χ1) is 5.04. The van der Waals surface area contributed by atoms with Crippen LogP contribution in [-0.2, 0) is 19.3 Å². The molecule has 0 N–H and O–H groups in total. The summed E-state index contributed by atoms with van der Waals surface area (Å²) in [6, 6.07) is 0. The summed E-state index contributed by atoms with van der Waals surface area (Å²) < 4.78 is 4.54. The van der Waals surface area contributed by atoms with Gasteiger partial charge in [0.05, 0.1) is 26.2 Å². The maximum Gasteiger partial charge on any atom is 0.313 e. The van der Waals surface area contributed by atoms with Crippen molar-refractivity contribution in [1.82, 2.24) is 0 Å². The first-order valence-electron chi connectivity index (χ1n) is 3.28. The molecule has 0 saturated heterocycles. The molecule has 66 valence electrons. The molecule has 0 fully saturated rings. The Kier molecular flexibility index (Phi) is 4.07. The molecule has 4 nitrogen and oxygen atoms in total. The molecule has 0 aliphatic carbocycles. The van der Waals surface area contributed by atoms with Crippen molar-refractivity contribution in [2.75, 3.05) is 20.8 Å². The Labute approximate surface area is 66.4 Å². The molecule has 11 heavy (non-hydrogen) atoms. The van der Waals surface area contributed by atoms with Crippen molar-refractivity contribution in [3.8, 4) is 0 Å². The van der Waals surface area contributed by atoms with Gasteiger partial charge in [-0.25, -0.2) is 9.78 Å². The zero-order valence-corrected chi connectivity index (χ0v) is 7.34. The fraction of sp³-hybridized carbons (Fsp3) is 0.857. The number of carbonyl (C=O) groups is 1. The number of hydrogen-bond acceptors (Lipinski definition) is 4. The summed E-state index contributed by atoms with van der Waals surface area (Å²) in [4.78, 5) is 20.0. The lowest BCUT2D eigenvalue weighted by Crippen LogP contribution is -2.30. The van der Waals surface area contributed by atoms with Crippen molar-refractivity contribution < 1.29 is 19.3 Å². The van der Waals surface area contributed by atoms with E-state index in [2.05, 4.69) is 14.5 Å². The SMILES string of the molecule is COOCC(C)(C)C(=O)OC. The predicted molar refractivity (Wildman–Crippen MR) is 38.8 cm³/mol. The van der Waals surface area contributed by atoms with Crippen LogP contribution in [-0.4, -0.2) is 26.8 Å². The van der Waals surface area contributed by atoms with Crippen LogP contribution >= 0.6 is 0 Å². The number of ether oxygens (including phenoxy) is 1. The average Bonchev–Trinajstić information content (AvgIpc) is 1.99. The molecule has 0 rings (SSSR count). The summed E-state index contributed by atoms with van der Waals surface area (Å²) in [5.74, 6) is -0.311. The number of hydrogen-bond donors (Lipinski definition) is 0. The van der Waals surface area contributed by atoms with Gasteiger partial charge >= 0.3 is 5.97 Å². The van der Waals surface area contributed by atoms with Crippen LogP contribution in [0.15, 0.2) is 0 Å². The second kappa shape index (κ2) is 4.31. The summed E-state index contributed by atoms with van der Waals surface area (Å²) in [6.45, 7) is 3.63. The fourth-order valence-corrected chi connectivity index (χ4v) is 0.541. The minimum absolute atomic E-state index is 0.191. The Morgan fingerprint density at radius 3 is 2.27 bits per heavy atom. The third-order valence-corrected chi connectivity index (χ3v) is 1.28. The Hall–Kier alpha value is -0.610. The zero-order valence-electron chi connectivity index (χ0n) is 7.34. The quantitative estimate of drug-likeness (QED) is 0.348. The lowest BCUT2D eigenvalue weighted by molar-refractivity contribution is -0.286. The predicted octanol–water partition coefficient (Wildman–Crippen LogP) is 0.764. The van der Waals surface area contributed by atoms with Crippen LogP contribution in [0.3, 0.4) is 0 Å². The van der Waals surface area contributed by atoms with Crippen LogP contribution in [0.1, 0.15) is 13.8 Å². The van der Waals surface area contributed by atoms with E-state index in [0.29, 0.717) is 0 Å². The van der Waals surface area contributed by atoms with Crippen LogP contribution in [0.5, 0.6) is 0 Å². The number of methoxy groups -OCH3 is 1. The molecule has 0 radical (unpaired) electrons. The Balaban J connectivity index is 3.88. The largest absolute Gasteiger partial charge is 0.469 e. The number of esters is 1. The van der Waals surface area contributed by atoms with Crippen molar-refractivity contribution in [1.29, 1.82) is 0 Å². The average molecular weight is 162 g/mol. The summed E-state index contributed by atoms with van der Waals surface area (Å²) >= 11 is 0. The molecule has 0 aliphatic heterocycles. The Bertz CT molecular complexity index is 130. The molecule has 0 aromatic carbocycles. The highest BCUT2D eigenvalue weighted by Gasteiger charge is 2.29. The van der Waals surface area contributed by atoms with Gasteiger partial charge in [0.25, 0.3) is 0 Å². The smallest absolute Gasteiger partial charge is 0.313 e. The Morgan fingerprint density at radius 2 is 1.91 bits per heavy atom. The van der Waals surface area contributed by atoms with Crippen molar-refractivity contribution >= 4 is 5.97 Å². The molecule has 0 atom stereocenters. The summed E-state index contributed by atoms with van der Waals surface area (Å²) in [5.41, 5.74) is -0.648. The first kappa shape index (κ1) is 10.4. The standard InChI is InChI=1S/C7H14O4/c1-7(2,5-11-10-4)6(8)9-3/h5H2,1-4H3. The van der Waals surface area contributed by atoms with Gasteiger partial charge in [-0.2, -0.15) is 0 Å².